The summed E-state index contributed by atoms with van der Waals surface area (Å²) in [6.45, 7) is 7.49. The molecule has 18 heavy (non-hydrogen) atoms. The summed E-state index contributed by atoms with van der Waals surface area (Å²) in [7, 11) is 1.84. The fourth-order valence-corrected chi connectivity index (χ4v) is 2.12. The van der Waals surface area contributed by atoms with Crippen molar-refractivity contribution in [1.82, 2.24) is 5.32 Å². The number of ketones is 2. The molecule has 0 spiro atoms. The zero-order valence-electron chi connectivity index (χ0n) is 12.6. The normalized spacial score (nSPS) is 16.1. The molecule has 0 aromatic carbocycles. The van der Waals surface area contributed by atoms with Gasteiger partial charge in [0.1, 0.15) is 11.6 Å². The van der Waals surface area contributed by atoms with Gasteiger partial charge in [-0.1, -0.05) is 26.2 Å². The maximum atomic E-state index is 11.5. The van der Waals surface area contributed by atoms with Gasteiger partial charge in [-0.3, -0.25) is 4.79 Å². The first-order valence-electron chi connectivity index (χ1n) is 7.01. The van der Waals surface area contributed by atoms with Gasteiger partial charge in [-0.2, -0.15) is 0 Å². The molecule has 0 radical (unpaired) electrons. The summed E-state index contributed by atoms with van der Waals surface area (Å²) in [5.41, 5.74) is -0.376. The van der Waals surface area contributed by atoms with E-state index < -0.39 is 0 Å². The van der Waals surface area contributed by atoms with E-state index in [0.717, 1.165) is 32.1 Å². The number of likely N-dealkylation sites (N-methyl/N-ethyl adjacent to an activating group) is 1. The van der Waals surface area contributed by atoms with E-state index in [1.165, 1.54) is 0 Å². The highest BCUT2D eigenvalue weighted by Gasteiger charge is 2.26. The van der Waals surface area contributed by atoms with E-state index in [1.54, 1.807) is 13.8 Å². The van der Waals surface area contributed by atoms with Crippen molar-refractivity contribution in [3.05, 3.63) is 0 Å². The summed E-state index contributed by atoms with van der Waals surface area (Å²) in [5.74, 6) is 1.12. The van der Waals surface area contributed by atoms with E-state index in [2.05, 4.69) is 12.2 Å². The van der Waals surface area contributed by atoms with Crippen LogP contribution in [0.4, 0.5) is 0 Å². The minimum absolute atomic E-state index is 0.203. The highest BCUT2D eigenvalue weighted by atomic mass is 16.1. The second-order valence-corrected chi connectivity index (χ2v) is 5.73. The predicted octanol–water partition coefficient (Wildman–Crippen LogP) is 3.12. The van der Waals surface area contributed by atoms with E-state index >= 15 is 0 Å². The van der Waals surface area contributed by atoms with Gasteiger partial charge in [0.05, 0.1) is 5.54 Å². The number of nitrogens with one attached hydrogen (secondary N) is 1. The fraction of sp³-hybridized carbons (Fsp3) is 0.867. The van der Waals surface area contributed by atoms with Crippen LogP contribution in [-0.2, 0) is 9.59 Å². The minimum atomic E-state index is -0.376. The minimum Gasteiger partial charge on any atom is -0.308 e. The maximum Gasteiger partial charge on any atom is 0.149 e. The molecule has 0 saturated heterocycles. The molecule has 0 aromatic heterocycles. The van der Waals surface area contributed by atoms with Gasteiger partial charge in [-0.25, -0.2) is 0 Å². The molecule has 3 nitrogen and oxygen atoms in total. The molecule has 2 atom stereocenters. The largest absolute Gasteiger partial charge is 0.308 e. The smallest absolute Gasteiger partial charge is 0.149 e. The van der Waals surface area contributed by atoms with E-state index in [9.17, 15) is 9.59 Å². The monoisotopic (exact) mass is 255 g/mol. The van der Waals surface area contributed by atoms with Crippen LogP contribution in [0.1, 0.15) is 66.2 Å². The third-order valence-corrected chi connectivity index (χ3v) is 3.93. The first-order chi connectivity index (χ1) is 8.31. The van der Waals surface area contributed by atoms with Crippen molar-refractivity contribution in [1.29, 1.82) is 0 Å². The lowest BCUT2D eigenvalue weighted by atomic mass is 9.88. The molecule has 0 aliphatic carbocycles. The van der Waals surface area contributed by atoms with E-state index in [1.807, 2.05) is 14.0 Å². The van der Waals surface area contributed by atoms with Gasteiger partial charge in [-0.05, 0) is 46.6 Å². The summed E-state index contributed by atoms with van der Waals surface area (Å²) in [4.78, 5) is 22.4. The lowest BCUT2D eigenvalue weighted by molar-refractivity contribution is -0.123. The topological polar surface area (TPSA) is 46.2 Å². The average molecular weight is 255 g/mol. The molecule has 0 saturated carbocycles. The molecule has 0 fully saturated rings. The lowest BCUT2D eigenvalue weighted by Crippen LogP contribution is -2.46. The Morgan fingerprint density at radius 2 is 1.72 bits per heavy atom. The van der Waals surface area contributed by atoms with E-state index in [4.69, 9.17) is 0 Å². The molecular weight excluding hydrogens is 226 g/mol. The van der Waals surface area contributed by atoms with Crippen molar-refractivity contribution in [3.63, 3.8) is 0 Å². The Bertz CT molecular complexity index is 276. The van der Waals surface area contributed by atoms with Gasteiger partial charge < -0.3 is 10.1 Å². The van der Waals surface area contributed by atoms with Gasteiger partial charge in [0.15, 0.2) is 0 Å². The number of Topliss-reactive ketones (excluding diaryl/α,β-unsaturated/α-hetero) is 2. The van der Waals surface area contributed by atoms with Crippen molar-refractivity contribution < 1.29 is 9.59 Å². The highest BCUT2D eigenvalue weighted by molar-refractivity contribution is 5.85. The number of hydrogen-bond acceptors (Lipinski definition) is 3. The summed E-state index contributed by atoms with van der Waals surface area (Å²) < 4.78 is 0. The molecule has 0 aliphatic heterocycles. The average Bonchev–Trinajstić information content (AvgIpc) is 2.27. The first-order valence-corrected chi connectivity index (χ1v) is 7.01. The second-order valence-electron chi connectivity index (χ2n) is 5.73. The predicted molar refractivity (Wildman–Crippen MR) is 75.7 cm³/mol. The van der Waals surface area contributed by atoms with Crippen molar-refractivity contribution in [2.75, 3.05) is 7.05 Å². The third kappa shape index (κ3) is 6.90. The summed E-state index contributed by atoms with van der Waals surface area (Å²) >= 11 is 0. The van der Waals surface area contributed by atoms with Crippen molar-refractivity contribution in [2.45, 2.75) is 71.8 Å². The second kappa shape index (κ2) is 8.41. The molecule has 0 bridgehead atoms. The molecule has 2 unspecified atom stereocenters. The molecule has 0 rings (SSSR count). The molecule has 0 heterocycles. The Morgan fingerprint density at radius 1 is 1.17 bits per heavy atom. The zero-order chi connectivity index (χ0) is 14.2. The maximum absolute atomic E-state index is 11.5. The van der Waals surface area contributed by atoms with Crippen LogP contribution >= 0.6 is 0 Å². The number of carbonyl (C=O) groups excluding carboxylic acids is 2. The van der Waals surface area contributed by atoms with Gasteiger partial charge in [0, 0.05) is 6.42 Å². The molecule has 0 aromatic rings. The Balaban J connectivity index is 3.82. The van der Waals surface area contributed by atoms with Crippen molar-refractivity contribution in [2.24, 2.45) is 5.92 Å². The third-order valence-electron chi connectivity index (χ3n) is 3.93. The Kier molecular flexibility index (Phi) is 8.08. The van der Waals surface area contributed by atoms with Gasteiger partial charge in [-0.15, -0.1) is 0 Å². The van der Waals surface area contributed by atoms with Crippen LogP contribution in [0.25, 0.3) is 0 Å². The van der Waals surface area contributed by atoms with Crippen LogP contribution in [0, 0.1) is 5.92 Å². The van der Waals surface area contributed by atoms with Crippen LogP contribution in [0.3, 0.4) is 0 Å². The Labute approximate surface area is 112 Å². The van der Waals surface area contributed by atoms with Crippen molar-refractivity contribution in [3.8, 4) is 0 Å². The standard InChI is InChI=1S/C15H29NO2/c1-12(8-6-10-13(2)17)9-7-11-15(4,16-5)14(3)18/h12,16H,6-11H2,1-5H3. The first kappa shape index (κ1) is 17.3. The molecule has 0 amide bonds. The molecular formula is C15H29NO2. The van der Waals surface area contributed by atoms with Crippen LogP contribution in [-0.4, -0.2) is 24.2 Å². The number of carbonyl (C=O) groups is 2. The lowest BCUT2D eigenvalue weighted by Gasteiger charge is -2.26. The van der Waals surface area contributed by atoms with Gasteiger partial charge >= 0.3 is 0 Å². The SMILES string of the molecule is CNC(C)(CCCC(C)CCCC(C)=O)C(C)=O. The van der Waals surface area contributed by atoms with Gasteiger partial charge in [0.2, 0.25) is 0 Å². The van der Waals surface area contributed by atoms with Crippen LogP contribution in [0.2, 0.25) is 0 Å². The van der Waals surface area contributed by atoms with Crippen LogP contribution in [0.15, 0.2) is 0 Å². The number of rotatable bonds is 10. The summed E-state index contributed by atoms with van der Waals surface area (Å²) in [6.07, 6.45) is 5.87. The van der Waals surface area contributed by atoms with Crippen LogP contribution in [0.5, 0.6) is 0 Å². The van der Waals surface area contributed by atoms with E-state index in [-0.39, 0.29) is 17.1 Å². The molecule has 1 N–H and O–H groups in total. The number of hydrogen-bond donors (Lipinski definition) is 1. The van der Waals surface area contributed by atoms with Gasteiger partial charge in [0.25, 0.3) is 0 Å². The molecule has 0 aliphatic rings. The highest BCUT2D eigenvalue weighted by Crippen LogP contribution is 2.20. The van der Waals surface area contributed by atoms with Crippen molar-refractivity contribution >= 4 is 11.6 Å². The molecule has 106 valence electrons. The molecule has 3 heteroatoms. The van der Waals surface area contributed by atoms with Crippen LogP contribution < -0.4 is 5.32 Å². The fourth-order valence-electron chi connectivity index (χ4n) is 2.12. The van der Waals surface area contributed by atoms with E-state index in [0.29, 0.717) is 12.3 Å². The Hall–Kier alpha value is -0.700. The quantitative estimate of drug-likeness (QED) is 0.652. The zero-order valence-corrected chi connectivity index (χ0v) is 12.6. The summed E-state index contributed by atoms with van der Waals surface area (Å²) in [6, 6.07) is 0. The summed E-state index contributed by atoms with van der Waals surface area (Å²) in [5, 5.41) is 3.12. The Morgan fingerprint density at radius 3 is 2.17 bits per heavy atom.